The van der Waals surface area contributed by atoms with Crippen molar-refractivity contribution in [1.29, 1.82) is 0 Å². The van der Waals surface area contributed by atoms with Gasteiger partial charge in [0.25, 0.3) is 5.91 Å². The molecule has 0 saturated heterocycles. The van der Waals surface area contributed by atoms with Gasteiger partial charge in [-0.05, 0) is 18.6 Å². The molecule has 0 aliphatic heterocycles. The Kier molecular flexibility index (Phi) is 4.74. The second-order valence-electron chi connectivity index (χ2n) is 4.60. The van der Waals surface area contributed by atoms with Gasteiger partial charge in [0, 0.05) is 25.2 Å². The number of anilines is 1. The number of hydrogen-bond acceptors (Lipinski definition) is 5. The number of rotatable bonds is 5. The van der Waals surface area contributed by atoms with Crippen LogP contribution in [0.2, 0.25) is 0 Å². The van der Waals surface area contributed by atoms with Crippen molar-refractivity contribution in [2.75, 3.05) is 25.9 Å². The fourth-order valence-electron chi connectivity index (χ4n) is 2.03. The number of aromatic nitrogens is 1. The summed E-state index contributed by atoms with van der Waals surface area (Å²) < 4.78 is 0. The monoisotopic (exact) mass is 306 g/mol. The Hall–Kier alpha value is -2.15. The summed E-state index contributed by atoms with van der Waals surface area (Å²) in [5.74, 6) is -0.421. The van der Waals surface area contributed by atoms with Crippen molar-refractivity contribution in [2.24, 2.45) is 0 Å². The van der Waals surface area contributed by atoms with Crippen LogP contribution in [0.3, 0.4) is 0 Å². The molecule has 0 unspecified atom stereocenters. The Morgan fingerprint density at radius 2 is 2.24 bits per heavy atom. The summed E-state index contributed by atoms with van der Waals surface area (Å²) in [5.41, 5.74) is 6.50. The molecule has 7 heteroatoms. The number of thiophene rings is 1. The Bertz CT molecular complexity index is 668. The molecule has 0 aliphatic carbocycles. The molecular weight excluding hydrogens is 288 g/mol. The van der Waals surface area contributed by atoms with E-state index in [4.69, 9.17) is 5.73 Å². The van der Waals surface area contributed by atoms with E-state index in [0.29, 0.717) is 17.1 Å². The molecule has 6 nitrogen and oxygen atoms in total. The van der Waals surface area contributed by atoms with Gasteiger partial charge in [0.15, 0.2) is 0 Å². The molecule has 2 aromatic heterocycles. The molecule has 2 amide bonds. The minimum atomic E-state index is -0.221. The normalized spacial score (nSPS) is 10.6. The summed E-state index contributed by atoms with van der Waals surface area (Å²) in [7, 11) is 1.55. The molecule has 0 aromatic carbocycles. The molecule has 0 saturated carbocycles. The van der Waals surface area contributed by atoms with Crippen LogP contribution in [0.4, 0.5) is 5.69 Å². The highest BCUT2D eigenvalue weighted by molar-refractivity contribution is 7.21. The minimum absolute atomic E-state index is 0.0320. The molecule has 0 atom stereocenters. The molecule has 0 radical (unpaired) electrons. The standard InChI is InChI=1S/C14H18N4O2S/c1-3-7-18(8-10(19)16-2)14(20)12-11(15)9-5-4-6-17-13(9)21-12/h4-6H,3,7-8,15H2,1-2H3,(H,16,19). The molecule has 2 aromatic rings. The second-order valence-corrected chi connectivity index (χ2v) is 5.60. The summed E-state index contributed by atoms with van der Waals surface area (Å²) in [6.07, 6.45) is 2.44. The first-order chi connectivity index (χ1) is 10.1. The third kappa shape index (κ3) is 3.13. The Balaban J connectivity index is 2.34. The van der Waals surface area contributed by atoms with Crippen LogP contribution in [0.5, 0.6) is 0 Å². The predicted molar refractivity (Wildman–Crippen MR) is 84.3 cm³/mol. The number of carbonyl (C=O) groups is 2. The molecule has 21 heavy (non-hydrogen) atoms. The highest BCUT2D eigenvalue weighted by atomic mass is 32.1. The zero-order valence-corrected chi connectivity index (χ0v) is 12.9. The van der Waals surface area contributed by atoms with E-state index >= 15 is 0 Å². The number of nitrogens with zero attached hydrogens (tertiary/aromatic N) is 2. The van der Waals surface area contributed by atoms with E-state index in [1.54, 1.807) is 19.3 Å². The second kappa shape index (κ2) is 6.53. The summed E-state index contributed by atoms with van der Waals surface area (Å²) >= 11 is 1.26. The van der Waals surface area contributed by atoms with E-state index < -0.39 is 0 Å². The Morgan fingerprint density at radius 1 is 1.48 bits per heavy atom. The maximum atomic E-state index is 12.6. The quantitative estimate of drug-likeness (QED) is 0.875. The van der Waals surface area contributed by atoms with Gasteiger partial charge in [-0.2, -0.15) is 0 Å². The molecule has 0 aliphatic rings. The van der Waals surface area contributed by atoms with Crippen molar-refractivity contribution in [1.82, 2.24) is 15.2 Å². The minimum Gasteiger partial charge on any atom is -0.397 e. The molecule has 0 bridgehead atoms. The first kappa shape index (κ1) is 15.2. The number of nitrogen functional groups attached to an aromatic ring is 1. The van der Waals surface area contributed by atoms with Gasteiger partial charge in [-0.1, -0.05) is 6.92 Å². The van der Waals surface area contributed by atoms with Gasteiger partial charge >= 0.3 is 0 Å². The van der Waals surface area contributed by atoms with Crippen LogP contribution in [-0.4, -0.2) is 41.8 Å². The first-order valence-corrected chi connectivity index (χ1v) is 7.53. The van der Waals surface area contributed by atoms with Gasteiger partial charge in [-0.3, -0.25) is 9.59 Å². The SMILES string of the molecule is CCCN(CC(=O)NC)C(=O)c1sc2ncccc2c1N. The lowest BCUT2D eigenvalue weighted by molar-refractivity contribution is -0.121. The van der Waals surface area contributed by atoms with Crippen LogP contribution in [0.25, 0.3) is 10.2 Å². The number of amides is 2. The molecule has 112 valence electrons. The fourth-order valence-corrected chi connectivity index (χ4v) is 3.06. The van der Waals surface area contributed by atoms with Gasteiger partial charge in [0.05, 0.1) is 12.2 Å². The summed E-state index contributed by atoms with van der Waals surface area (Å²) in [5, 5.41) is 3.31. The third-order valence-electron chi connectivity index (χ3n) is 3.09. The van der Waals surface area contributed by atoms with Crippen molar-refractivity contribution in [2.45, 2.75) is 13.3 Å². The van der Waals surface area contributed by atoms with E-state index in [0.717, 1.165) is 16.6 Å². The van der Waals surface area contributed by atoms with Crippen LogP contribution in [-0.2, 0) is 4.79 Å². The number of fused-ring (bicyclic) bond motifs is 1. The lowest BCUT2D eigenvalue weighted by Crippen LogP contribution is -2.40. The zero-order chi connectivity index (χ0) is 15.4. The lowest BCUT2D eigenvalue weighted by Gasteiger charge is -2.20. The largest absolute Gasteiger partial charge is 0.397 e. The van der Waals surface area contributed by atoms with Crippen molar-refractivity contribution in [3.05, 3.63) is 23.2 Å². The fraction of sp³-hybridized carbons (Fsp3) is 0.357. The van der Waals surface area contributed by atoms with E-state index in [9.17, 15) is 9.59 Å². The number of nitrogens with one attached hydrogen (secondary N) is 1. The number of hydrogen-bond donors (Lipinski definition) is 2. The maximum absolute atomic E-state index is 12.6. The topological polar surface area (TPSA) is 88.3 Å². The average Bonchev–Trinajstić information content (AvgIpc) is 2.83. The maximum Gasteiger partial charge on any atom is 0.266 e. The summed E-state index contributed by atoms with van der Waals surface area (Å²) in [6.45, 7) is 2.50. The first-order valence-electron chi connectivity index (χ1n) is 6.71. The smallest absolute Gasteiger partial charge is 0.266 e. The van der Waals surface area contributed by atoms with E-state index in [1.165, 1.54) is 16.2 Å². The summed E-state index contributed by atoms with van der Waals surface area (Å²) in [4.78, 5) is 31.1. The van der Waals surface area contributed by atoms with E-state index in [-0.39, 0.29) is 18.4 Å². The molecule has 2 rings (SSSR count). The Morgan fingerprint density at radius 3 is 2.86 bits per heavy atom. The van der Waals surface area contributed by atoms with Crippen LogP contribution in [0, 0.1) is 0 Å². The van der Waals surface area contributed by atoms with Crippen molar-refractivity contribution in [3.8, 4) is 0 Å². The summed E-state index contributed by atoms with van der Waals surface area (Å²) in [6, 6.07) is 3.63. The molecule has 3 N–H and O–H groups in total. The van der Waals surface area contributed by atoms with E-state index in [1.807, 2.05) is 13.0 Å². The van der Waals surface area contributed by atoms with Crippen LogP contribution in [0.1, 0.15) is 23.0 Å². The number of carbonyl (C=O) groups excluding carboxylic acids is 2. The molecule has 2 heterocycles. The number of likely N-dealkylation sites (N-methyl/N-ethyl adjacent to an activating group) is 1. The van der Waals surface area contributed by atoms with E-state index in [2.05, 4.69) is 10.3 Å². The van der Waals surface area contributed by atoms with Crippen molar-refractivity contribution >= 4 is 39.1 Å². The highest BCUT2D eigenvalue weighted by Crippen LogP contribution is 2.32. The Labute approximate surface area is 127 Å². The predicted octanol–water partition coefficient (Wildman–Crippen LogP) is 1.48. The zero-order valence-electron chi connectivity index (χ0n) is 12.0. The molecule has 0 fully saturated rings. The third-order valence-corrected chi connectivity index (χ3v) is 4.21. The highest BCUT2D eigenvalue weighted by Gasteiger charge is 2.23. The van der Waals surface area contributed by atoms with Crippen LogP contribution in [0.15, 0.2) is 18.3 Å². The van der Waals surface area contributed by atoms with Crippen molar-refractivity contribution in [3.63, 3.8) is 0 Å². The number of pyridine rings is 1. The van der Waals surface area contributed by atoms with Gasteiger partial charge in [0.2, 0.25) is 5.91 Å². The average molecular weight is 306 g/mol. The lowest BCUT2D eigenvalue weighted by atomic mass is 10.2. The number of nitrogens with two attached hydrogens (primary N) is 1. The van der Waals surface area contributed by atoms with Crippen molar-refractivity contribution < 1.29 is 9.59 Å². The van der Waals surface area contributed by atoms with Crippen LogP contribution >= 0.6 is 11.3 Å². The molecular formula is C14H18N4O2S. The van der Waals surface area contributed by atoms with Gasteiger partial charge in [0.1, 0.15) is 9.71 Å². The van der Waals surface area contributed by atoms with Gasteiger partial charge in [-0.15, -0.1) is 11.3 Å². The van der Waals surface area contributed by atoms with Crippen LogP contribution < -0.4 is 11.1 Å². The van der Waals surface area contributed by atoms with Gasteiger partial charge < -0.3 is 16.0 Å². The van der Waals surface area contributed by atoms with Gasteiger partial charge in [-0.25, -0.2) is 4.98 Å². The molecule has 0 spiro atoms.